The van der Waals surface area contributed by atoms with Crippen molar-refractivity contribution in [3.63, 3.8) is 0 Å². The van der Waals surface area contributed by atoms with Crippen LogP contribution in [0.3, 0.4) is 0 Å². The number of fused-ring (bicyclic) bond motifs is 2. The first kappa shape index (κ1) is 20.3. The fraction of sp³-hybridized carbons (Fsp3) is 0.238. The molecule has 4 rings (SSSR count). The fourth-order valence-corrected chi connectivity index (χ4v) is 3.84. The number of amides is 1. The highest BCUT2D eigenvalue weighted by atomic mass is 32.2. The van der Waals surface area contributed by atoms with Crippen molar-refractivity contribution in [1.82, 2.24) is 4.98 Å². The number of nitrogens with one attached hydrogen (secondary N) is 1. The molecule has 1 aliphatic heterocycles. The second-order valence-electron chi connectivity index (χ2n) is 6.71. The van der Waals surface area contributed by atoms with Gasteiger partial charge in [0.25, 0.3) is 0 Å². The van der Waals surface area contributed by atoms with E-state index in [2.05, 4.69) is 10.3 Å². The molecule has 0 fully saturated rings. The van der Waals surface area contributed by atoms with Crippen LogP contribution in [0.4, 0.5) is 18.9 Å². The van der Waals surface area contributed by atoms with Gasteiger partial charge in [-0.15, -0.1) is 0 Å². The second-order valence-corrected chi connectivity index (χ2v) is 7.68. The van der Waals surface area contributed by atoms with Gasteiger partial charge in [0, 0.05) is 17.1 Å². The molecular weight excluding hydrogens is 417 g/mol. The number of aryl methyl sites for hydroxylation is 1. The van der Waals surface area contributed by atoms with E-state index in [4.69, 9.17) is 9.47 Å². The minimum absolute atomic E-state index is 0.0140. The van der Waals surface area contributed by atoms with Gasteiger partial charge >= 0.3 is 6.18 Å². The molecule has 0 saturated heterocycles. The number of nitrogens with zero attached hydrogens (tertiary/aromatic N) is 1. The number of aromatic nitrogens is 1. The van der Waals surface area contributed by atoms with E-state index in [0.717, 1.165) is 23.1 Å². The highest BCUT2D eigenvalue weighted by molar-refractivity contribution is 8.00. The zero-order valence-electron chi connectivity index (χ0n) is 15.9. The Kier molecular flexibility index (Phi) is 5.46. The predicted octanol–water partition coefficient (Wildman–Crippen LogP) is 5.06. The first-order valence-electron chi connectivity index (χ1n) is 9.10. The van der Waals surface area contributed by atoms with Crippen LogP contribution < -0.4 is 14.8 Å². The summed E-state index contributed by atoms with van der Waals surface area (Å²) in [6.07, 6.45) is -4.46. The van der Waals surface area contributed by atoms with Crippen molar-refractivity contribution >= 4 is 34.3 Å². The Morgan fingerprint density at radius 3 is 2.60 bits per heavy atom. The number of hydrogen-bond acceptors (Lipinski definition) is 5. The number of alkyl halides is 3. The van der Waals surface area contributed by atoms with Crippen molar-refractivity contribution in [2.75, 3.05) is 24.3 Å². The number of ether oxygens (including phenoxy) is 2. The quantitative estimate of drug-likeness (QED) is 0.582. The molecule has 156 valence electrons. The van der Waals surface area contributed by atoms with Crippen LogP contribution in [-0.4, -0.2) is 29.9 Å². The van der Waals surface area contributed by atoms with Crippen molar-refractivity contribution in [1.29, 1.82) is 0 Å². The molecule has 0 atom stereocenters. The van der Waals surface area contributed by atoms with Crippen LogP contribution in [0.2, 0.25) is 0 Å². The summed E-state index contributed by atoms with van der Waals surface area (Å²) >= 11 is 1.22. The third-order valence-electron chi connectivity index (χ3n) is 4.44. The summed E-state index contributed by atoms with van der Waals surface area (Å²) in [5.74, 6) is 0.905. The van der Waals surface area contributed by atoms with Gasteiger partial charge in [0.15, 0.2) is 11.5 Å². The van der Waals surface area contributed by atoms with Crippen LogP contribution in [-0.2, 0) is 11.0 Å². The molecule has 0 unspecified atom stereocenters. The van der Waals surface area contributed by atoms with Crippen LogP contribution in [0.5, 0.6) is 11.5 Å². The maximum absolute atomic E-state index is 12.8. The topological polar surface area (TPSA) is 60.5 Å². The highest BCUT2D eigenvalue weighted by Gasteiger charge is 2.30. The molecule has 0 saturated carbocycles. The lowest BCUT2D eigenvalue weighted by molar-refractivity contribution is -0.137. The Morgan fingerprint density at radius 2 is 1.87 bits per heavy atom. The summed E-state index contributed by atoms with van der Waals surface area (Å²) in [4.78, 5) is 16.8. The van der Waals surface area contributed by atoms with Crippen molar-refractivity contribution in [3.05, 3.63) is 53.6 Å². The number of benzene rings is 2. The Morgan fingerprint density at radius 1 is 1.13 bits per heavy atom. The van der Waals surface area contributed by atoms with Gasteiger partial charge in [-0.2, -0.15) is 13.2 Å². The molecule has 0 radical (unpaired) electrons. The Hall–Kier alpha value is -2.94. The van der Waals surface area contributed by atoms with E-state index in [1.807, 2.05) is 19.1 Å². The van der Waals surface area contributed by atoms with Gasteiger partial charge in [-0.05, 0) is 42.8 Å². The molecule has 2 aromatic carbocycles. The molecule has 5 nitrogen and oxygen atoms in total. The molecule has 0 aliphatic carbocycles. The van der Waals surface area contributed by atoms with Crippen molar-refractivity contribution in [2.45, 2.75) is 18.1 Å². The lowest BCUT2D eigenvalue weighted by Gasteiger charge is -2.19. The average Bonchev–Trinajstić information content (AvgIpc) is 2.70. The first-order valence-corrected chi connectivity index (χ1v) is 10.1. The highest BCUT2D eigenvalue weighted by Crippen LogP contribution is 2.36. The molecule has 9 heteroatoms. The number of pyridine rings is 1. The molecule has 30 heavy (non-hydrogen) atoms. The Bertz CT molecular complexity index is 1120. The summed E-state index contributed by atoms with van der Waals surface area (Å²) < 4.78 is 49.6. The largest absolute Gasteiger partial charge is 0.486 e. The zero-order chi connectivity index (χ0) is 21.3. The molecule has 1 aliphatic rings. The van der Waals surface area contributed by atoms with Gasteiger partial charge < -0.3 is 14.8 Å². The van der Waals surface area contributed by atoms with E-state index in [1.165, 1.54) is 23.9 Å². The van der Waals surface area contributed by atoms with Gasteiger partial charge in [0.1, 0.15) is 18.2 Å². The fourth-order valence-electron chi connectivity index (χ4n) is 3.05. The third kappa shape index (κ3) is 4.46. The van der Waals surface area contributed by atoms with Crippen LogP contribution in [0.25, 0.3) is 10.9 Å². The maximum Gasteiger partial charge on any atom is 0.416 e. The number of anilines is 1. The van der Waals surface area contributed by atoms with Crippen LogP contribution in [0.15, 0.2) is 47.5 Å². The predicted molar refractivity (Wildman–Crippen MR) is 108 cm³/mol. The van der Waals surface area contributed by atoms with Gasteiger partial charge in [0.2, 0.25) is 5.91 Å². The SMILES string of the molecule is Cc1cc2cc3c(cc2nc1SCC(=O)Nc1cccc(C(F)(F)F)c1)OCCO3. The summed E-state index contributed by atoms with van der Waals surface area (Å²) in [6, 6.07) is 10.2. The van der Waals surface area contributed by atoms with Crippen molar-refractivity contribution in [2.24, 2.45) is 0 Å². The standard InChI is InChI=1S/C21H17F3N2O3S/c1-12-7-13-8-17-18(29-6-5-28-17)10-16(13)26-20(12)30-11-19(27)25-15-4-2-3-14(9-15)21(22,23)24/h2-4,7-10H,5-6,11H2,1H3,(H,25,27). The van der Waals surface area contributed by atoms with Gasteiger partial charge in [-0.25, -0.2) is 4.98 Å². The normalized spacial score (nSPS) is 13.3. The van der Waals surface area contributed by atoms with E-state index >= 15 is 0 Å². The lowest BCUT2D eigenvalue weighted by Crippen LogP contribution is -2.15. The zero-order valence-corrected chi connectivity index (χ0v) is 16.7. The molecule has 1 N–H and O–H groups in total. The van der Waals surface area contributed by atoms with Crippen LogP contribution >= 0.6 is 11.8 Å². The third-order valence-corrected chi connectivity index (χ3v) is 5.53. The van der Waals surface area contributed by atoms with E-state index in [-0.39, 0.29) is 11.4 Å². The van der Waals surface area contributed by atoms with Crippen LogP contribution in [0, 0.1) is 6.92 Å². The van der Waals surface area contributed by atoms with E-state index in [9.17, 15) is 18.0 Å². The summed E-state index contributed by atoms with van der Waals surface area (Å²) in [5.41, 5.74) is 0.888. The summed E-state index contributed by atoms with van der Waals surface area (Å²) in [6.45, 7) is 2.86. The van der Waals surface area contributed by atoms with E-state index in [1.54, 1.807) is 6.07 Å². The number of hydrogen-bond donors (Lipinski definition) is 1. The monoisotopic (exact) mass is 434 g/mol. The molecule has 0 spiro atoms. The molecule has 2 heterocycles. The summed E-state index contributed by atoms with van der Waals surface area (Å²) in [5, 5.41) is 4.06. The molecule has 0 bridgehead atoms. The van der Waals surface area contributed by atoms with Crippen molar-refractivity contribution < 1.29 is 27.4 Å². The van der Waals surface area contributed by atoms with E-state index < -0.39 is 17.6 Å². The number of thioether (sulfide) groups is 1. The minimum Gasteiger partial charge on any atom is -0.486 e. The van der Waals surface area contributed by atoms with Crippen LogP contribution in [0.1, 0.15) is 11.1 Å². The van der Waals surface area contributed by atoms with Gasteiger partial charge in [-0.3, -0.25) is 4.79 Å². The number of carbonyl (C=O) groups excluding carboxylic acids is 1. The molecule has 1 aromatic heterocycles. The summed E-state index contributed by atoms with van der Waals surface area (Å²) in [7, 11) is 0. The van der Waals surface area contributed by atoms with Gasteiger partial charge in [-0.1, -0.05) is 17.8 Å². The first-order chi connectivity index (χ1) is 14.3. The van der Waals surface area contributed by atoms with E-state index in [0.29, 0.717) is 35.3 Å². The smallest absolute Gasteiger partial charge is 0.416 e. The number of halogens is 3. The minimum atomic E-state index is -4.46. The van der Waals surface area contributed by atoms with Crippen molar-refractivity contribution in [3.8, 4) is 11.5 Å². The molecular formula is C21H17F3N2O3S. The Balaban J connectivity index is 1.46. The van der Waals surface area contributed by atoms with Gasteiger partial charge in [0.05, 0.1) is 16.8 Å². The number of carbonyl (C=O) groups is 1. The molecule has 1 amide bonds. The number of rotatable bonds is 4. The maximum atomic E-state index is 12.8. The Labute approximate surface area is 174 Å². The average molecular weight is 434 g/mol. The second kappa shape index (κ2) is 8.06. The lowest BCUT2D eigenvalue weighted by atomic mass is 10.1. The molecule has 3 aromatic rings.